The molecule has 7 heteroatoms. The number of hydrogen-bond donors (Lipinski definition) is 1. The minimum atomic E-state index is -0.153. The van der Waals surface area contributed by atoms with Crippen LogP contribution in [-0.2, 0) is 13.1 Å². The zero-order valence-electron chi connectivity index (χ0n) is 14.9. The normalized spacial score (nSPS) is 16.1. The van der Waals surface area contributed by atoms with E-state index in [0.717, 1.165) is 49.8 Å². The lowest BCUT2D eigenvalue weighted by atomic mass is 10.1. The first-order valence-electron chi connectivity index (χ1n) is 8.75. The molecule has 2 heterocycles. The van der Waals surface area contributed by atoms with Gasteiger partial charge in [0.25, 0.3) is 5.91 Å². The Morgan fingerprint density at radius 3 is 2.48 bits per heavy atom. The molecular weight excluding hydrogens is 334 g/mol. The molecule has 0 atom stereocenters. The summed E-state index contributed by atoms with van der Waals surface area (Å²) < 4.78 is 0. The molecule has 1 aliphatic heterocycles. The Hall–Kier alpha value is -1.83. The molecule has 0 aliphatic carbocycles. The summed E-state index contributed by atoms with van der Waals surface area (Å²) in [6.07, 6.45) is 0. The van der Waals surface area contributed by atoms with Gasteiger partial charge in [0.15, 0.2) is 0 Å². The van der Waals surface area contributed by atoms with Crippen LogP contribution in [0.25, 0.3) is 0 Å². The summed E-state index contributed by atoms with van der Waals surface area (Å²) in [6.45, 7) is 10.9. The fourth-order valence-corrected chi connectivity index (χ4v) is 3.63. The van der Waals surface area contributed by atoms with E-state index in [2.05, 4.69) is 32.2 Å². The van der Waals surface area contributed by atoms with Crippen molar-refractivity contribution in [2.24, 2.45) is 0 Å². The maximum Gasteiger partial charge on any atom is 0.282 e. The summed E-state index contributed by atoms with van der Waals surface area (Å²) in [5.74, 6) is -0.153. The summed E-state index contributed by atoms with van der Waals surface area (Å²) in [7, 11) is 0. The zero-order valence-corrected chi connectivity index (χ0v) is 15.7. The summed E-state index contributed by atoms with van der Waals surface area (Å²) in [5.41, 5.74) is 2.29. The Bertz CT molecular complexity index is 692. The van der Waals surface area contributed by atoms with Crippen LogP contribution >= 0.6 is 11.3 Å². The number of nitrogens with zero attached hydrogens (tertiary/aromatic N) is 4. The van der Waals surface area contributed by atoms with Crippen molar-refractivity contribution in [3.63, 3.8) is 0 Å². The lowest BCUT2D eigenvalue weighted by molar-refractivity contribution is 0.0950. The maximum absolute atomic E-state index is 12.2. The Morgan fingerprint density at radius 1 is 1.12 bits per heavy atom. The lowest BCUT2D eigenvalue weighted by Crippen LogP contribution is -2.45. The molecule has 6 nitrogen and oxygen atoms in total. The van der Waals surface area contributed by atoms with Gasteiger partial charge in [0.05, 0.1) is 6.54 Å². The highest BCUT2D eigenvalue weighted by Gasteiger charge is 2.18. The first-order valence-corrected chi connectivity index (χ1v) is 9.56. The number of hydrogen-bond acceptors (Lipinski definition) is 6. The summed E-state index contributed by atoms with van der Waals surface area (Å²) in [4.78, 5) is 17.1. The highest BCUT2D eigenvalue weighted by Crippen LogP contribution is 2.14. The molecule has 1 amide bonds. The van der Waals surface area contributed by atoms with Crippen molar-refractivity contribution in [2.75, 3.05) is 32.7 Å². The molecule has 1 saturated heterocycles. The molecule has 2 aromatic rings. The Morgan fingerprint density at radius 2 is 1.80 bits per heavy atom. The molecule has 0 bridgehead atoms. The van der Waals surface area contributed by atoms with Crippen LogP contribution in [0, 0.1) is 6.92 Å². The number of benzene rings is 1. The molecule has 0 unspecified atom stereocenters. The van der Waals surface area contributed by atoms with E-state index in [9.17, 15) is 4.79 Å². The quantitative estimate of drug-likeness (QED) is 0.854. The molecule has 1 aromatic heterocycles. The van der Waals surface area contributed by atoms with Crippen LogP contribution in [0.3, 0.4) is 0 Å². The molecule has 0 saturated carbocycles. The second-order valence-electron chi connectivity index (χ2n) is 6.38. The first-order chi connectivity index (χ1) is 12.1. The summed E-state index contributed by atoms with van der Waals surface area (Å²) >= 11 is 1.39. The van der Waals surface area contributed by atoms with Gasteiger partial charge in [-0.2, -0.15) is 0 Å². The van der Waals surface area contributed by atoms with E-state index < -0.39 is 0 Å². The SMILES string of the molecule is CCN1CCN(Cc2nnc(C(=O)NCc3ccc(C)cc3)s2)CC1. The van der Waals surface area contributed by atoms with Crippen LogP contribution in [0.5, 0.6) is 0 Å². The summed E-state index contributed by atoms with van der Waals surface area (Å²) in [5, 5.41) is 12.5. The predicted octanol–water partition coefficient (Wildman–Crippen LogP) is 1.91. The molecule has 3 rings (SSSR count). The van der Waals surface area contributed by atoms with Crippen molar-refractivity contribution in [1.82, 2.24) is 25.3 Å². The third-order valence-electron chi connectivity index (χ3n) is 4.51. The molecule has 1 N–H and O–H groups in total. The Balaban J connectivity index is 1.49. The van der Waals surface area contributed by atoms with E-state index >= 15 is 0 Å². The number of amides is 1. The van der Waals surface area contributed by atoms with Crippen LogP contribution in [0.15, 0.2) is 24.3 Å². The molecule has 1 aliphatic rings. The van der Waals surface area contributed by atoms with E-state index in [1.807, 2.05) is 31.2 Å². The van der Waals surface area contributed by atoms with Crippen molar-refractivity contribution in [3.05, 3.63) is 45.4 Å². The second-order valence-corrected chi connectivity index (χ2v) is 7.44. The van der Waals surface area contributed by atoms with E-state index in [1.54, 1.807) is 0 Å². The van der Waals surface area contributed by atoms with Crippen molar-refractivity contribution >= 4 is 17.2 Å². The van der Waals surface area contributed by atoms with Gasteiger partial charge in [-0.05, 0) is 19.0 Å². The van der Waals surface area contributed by atoms with Crippen molar-refractivity contribution in [1.29, 1.82) is 0 Å². The fourth-order valence-electron chi connectivity index (χ4n) is 2.83. The molecule has 25 heavy (non-hydrogen) atoms. The first kappa shape index (κ1) is 18.0. The second kappa shape index (κ2) is 8.51. The Kier molecular flexibility index (Phi) is 6.12. The largest absolute Gasteiger partial charge is 0.346 e. The Labute approximate surface area is 152 Å². The predicted molar refractivity (Wildman–Crippen MR) is 99.6 cm³/mol. The minimum Gasteiger partial charge on any atom is -0.346 e. The lowest BCUT2D eigenvalue weighted by Gasteiger charge is -2.33. The average Bonchev–Trinajstić information content (AvgIpc) is 3.10. The number of carbonyl (C=O) groups excluding carboxylic acids is 1. The van der Waals surface area contributed by atoms with E-state index in [-0.39, 0.29) is 5.91 Å². The van der Waals surface area contributed by atoms with E-state index in [0.29, 0.717) is 11.6 Å². The number of piperazine rings is 1. The van der Waals surface area contributed by atoms with Crippen molar-refractivity contribution in [3.8, 4) is 0 Å². The van der Waals surface area contributed by atoms with Gasteiger partial charge >= 0.3 is 0 Å². The van der Waals surface area contributed by atoms with Crippen molar-refractivity contribution < 1.29 is 4.79 Å². The molecule has 134 valence electrons. The highest BCUT2D eigenvalue weighted by atomic mass is 32.1. The van der Waals surface area contributed by atoms with Gasteiger partial charge in [-0.1, -0.05) is 48.1 Å². The van der Waals surface area contributed by atoms with Gasteiger partial charge in [-0.3, -0.25) is 9.69 Å². The number of nitrogens with one attached hydrogen (secondary N) is 1. The molecule has 0 spiro atoms. The third-order valence-corrected chi connectivity index (χ3v) is 5.41. The third kappa shape index (κ3) is 5.07. The van der Waals surface area contributed by atoms with Gasteiger partial charge in [-0.25, -0.2) is 0 Å². The van der Waals surface area contributed by atoms with Crippen LogP contribution in [-0.4, -0.2) is 58.6 Å². The number of likely N-dealkylation sites (N-methyl/N-ethyl adjacent to an activating group) is 1. The van der Waals surface area contributed by atoms with Gasteiger partial charge in [0, 0.05) is 32.7 Å². The number of carbonyl (C=O) groups is 1. The monoisotopic (exact) mass is 359 g/mol. The van der Waals surface area contributed by atoms with Crippen LogP contribution in [0.1, 0.15) is 32.9 Å². The molecular formula is C18H25N5OS. The molecule has 1 fully saturated rings. The van der Waals surface area contributed by atoms with Gasteiger partial charge in [0.2, 0.25) is 5.01 Å². The number of rotatable bonds is 6. The molecule has 1 aromatic carbocycles. The minimum absolute atomic E-state index is 0.153. The summed E-state index contributed by atoms with van der Waals surface area (Å²) in [6, 6.07) is 8.14. The van der Waals surface area contributed by atoms with Crippen LogP contribution in [0.2, 0.25) is 0 Å². The van der Waals surface area contributed by atoms with Gasteiger partial charge in [-0.15, -0.1) is 10.2 Å². The van der Waals surface area contributed by atoms with E-state index in [1.165, 1.54) is 16.9 Å². The fraction of sp³-hybridized carbons (Fsp3) is 0.500. The molecule has 0 radical (unpaired) electrons. The topological polar surface area (TPSA) is 61.4 Å². The van der Waals surface area contributed by atoms with Gasteiger partial charge < -0.3 is 10.2 Å². The van der Waals surface area contributed by atoms with Crippen molar-refractivity contribution in [2.45, 2.75) is 26.9 Å². The maximum atomic E-state index is 12.2. The van der Waals surface area contributed by atoms with E-state index in [4.69, 9.17) is 0 Å². The van der Waals surface area contributed by atoms with Crippen LogP contribution < -0.4 is 5.32 Å². The highest BCUT2D eigenvalue weighted by molar-refractivity contribution is 7.13. The van der Waals surface area contributed by atoms with Gasteiger partial charge in [0.1, 0.15) is 5.01 Å². The number of aromatic nitrogens is 2. The number of aryl methyl sites for hydroxylation is 1. The smallest absolute Gasteiger partial charge is 0.282 e. The zero-order chi connectivity index (χ0) is 17.6. The standard InChI is InChI=1S/C18H25N5OS/c1-3-22-8-10-23(11-9-22)13-16-20-21-18(25-16)17(24)19-12-15-6-4-14(2)5-7-15/h4-7H,3,8-13H2,1-2H3,(H,19,24). The average molecular weight is 359 g/mol. The van der Waals surface area contributed by atoms with Crippen LogP contribution in [0.4, 0.5) is 0 Å².